The van der Waals surface area contributed by atoms with Crippen molar-refractivity contribution >= 4 is 15.9 Å². The molecule has 1 nitrogen and oxygen atoms in total. The molecule has 1 unspecified atom stereocenters. The first-order valence-electron chi connectivity index (χ1n) is 4.58. The minimum atomic E-state index is 0.527. The molecule has 0 heterocycles. The predicted molar refractivity (Wildman–Crippen MR) is 61.3 cm³/mol. The summed E-state index contributed by atoms with van der Waals surface area (Å²) >= 11 is 3.44. The lowest BCUT2D eigenvalue weighted by Gasteiger charge is -2.11. The van der Waals surface area contributed by atoms with Crippen molar-refractivity contribution in [2.45, 2.75) is 26.4 Å². The maximum Gasteiger partial charge on any atom is 0.0210 e. The topological polar surface area (TPSA) is 12.0 Å². The monoisotopic (exact) mass is 241 g/mol. The molecule has 0 saturated carbocycles. The third kappa shape index (κ3) is 3.49. The van der Waals surface area contributed by atoms with Gasteiger partial charge in [0.1, 0.15) is 0 Å². The van der Waals surface area contributed by atoms with E-state index in [0.717, 1.165) is 11.9 Å². The molecule has 0 amide bonds. The fourth-order valence-electron chi connectivity index (χ4n) is 1.15. The second-order valence-corrected chi connectivity index (χ2v) is 4.01. The molecule has 0 aliphatic heterocycles. The van der Waals surface area contributed by atoms with Gasteiger partial charge in [-0.3, -0.25) is 0 Å². The molecule has 0 radical (unpaired) electrons. The van der Waals surface area contributed by atoms with E-state index in [1.807, 2.05) is 0 Å². The van der Waals surface area contributed by atoms with E-state index in [9.17, 15) is 0 Å². The van der Waals surface area contributed by atoms with E-state index in [0.29, 0.717) is 6.04 Å². The van der Waals surface area contributed by atoms with Crippen molar-refractivity contribution in [2.24, 2.45) is 0 Å². The average Bonchev–Trinajstić information content (AvgIpc) is 2.16. The van der Waals surface area contributed by atoms with Gasteiger partial charge in [-0.05, 0) is 25.0 Å². The van der Waals surface area contributed by atoms with E-state index in [-0.39, 0.29) is 0 Å². The highest BCUT2D eigenvalue weighted by atomic mass is 79.9. The summed E-state index contributed by atoms with van der Waals surface area (Å²) in [5.74, 6) is 0. The number of halogens is 1. The molecule has 0 saturated heterocycles. The van der Waals surface area contributed by atoms with Crippen LogP contribution in [0.3, 0.4) is 0 Å². The Balaban J connectivity index is 2.50. The largest absolute Gasteiger partial charge is 0.309 e. The van der Waals surface area contributed by atoms with Gasteiger partial charge >= 0.3 is 0 Å². The molecule has 2 heteroatoms. The Kier molecular flexibility index (Phi) is 4.46. The number of benzene rings is 1. The lowest BCUT2D eigenvalue weighted by molar-refractivity contribution is 0.597. The maximum atomic E-state index is 3.44. The number of aryl methyl sites for hydroxylation is 1. The van der Waals surface area contributed by atoms with Gasteiger partial charge in [0.15, 0.2) is 0 Å². The molecule has 0 bridgehead atoms. The van der Waals surface area contributed by atoms with Gasteiger partial charge in [0.05, 0.1) is 0 Å². The summed E-state index contributed by atoms with van der Waals surface area (Å²) in [4.78, 5) is 0. The Bertz CT molecular complexity index is 260. The zero-order chi connectivity index (χ0) is 9.68. The molecule has 13 heavy (non-hydrogen) atoms. The molecule has 72 valence electrons. The van der Waals surface area contributed by atoms with Crippen molar-refractivity contribution in [1.82, 2.24) is 5.32 Å². The zero-order valence-electron chi connectivity index (χ0n) is 8.18. The van der Waals surface area contributed by atoms with Crippen LogP contribution in [0.2, 0.25) is 0 Å². The van der Waals surface area contributed by atoms with Gasteiger partial charge in [-0.25, -0.2) is 0 Å². The Hall–Kier alpha value is -0.340. The standard InChI is InChI=1S/C11H16BrN/c1-9-5-3-4-6-11(9)8-13-10(2)7-12/h3-6,10,13H,7-8H2,1-2H3. The number of nitrogens with one attached hydrogen (secondary N) is 1. The number of hydrogen-bond donors (Lipinski definition) is 1. The summed E-state index contributed by atoms with van der Waals surface area (Å²) < 4.78 is 0. The Labute approximate surface area is 88.7 Å². The van der Waals surface area contributed by atoms with Crippen LogP contribution in [0.5, 0.6) is 0 Å². The van der Waals surface area contributed by atoms with Crippen molar-refractivity contribution in [2.75, 3.05) is 5.33 Å². The van der Waals surface area contributed by atoms with Crippen LogP contribution in [0, 0.1) is 6.92 Å². The van der Waals surface area contributed by atoms with Crippen molar-refractivity contribution in [3.8, 4) is 0 Å². The number of alkyl halides is 1. The molecule has 1 atom stereocenters. The molecule has 0 aliphatic rings. The zero-order valence-corrected chi connectivity index (χ0v) is 9.76. The van der Waals surface area contributed by atoms with Gasteiger partial charge in [0, 0.05) is 17.9 Å². The highest BCUT2D eigenvalue weighted by Crippen LogP contribution is 2.06. The second kappa shape index (κ2) is 5.40. The Morgan fingerprint density at radius 2 is 2.08 bits per heavy atom. The van der Waals surface area contributed by atoms with Crippen LogP contribution >= 0.6 is 15.9 Å². The highest BCUT2D eigenvalue weighted by molar-refractivity contribution is 9.09. The molecule has 0 aliphatic carbocycles. The lowest BCUT2D eigenvalue weighted by Crippen LogP contribution is -2.26. The number of hydrogen-bond acceptors (Lipinski definition) is 1. The van der Waals surface area contributed by atoms with E-state index in [2.05, 4.69) is 59.4 Å². The van der Waals surface area contributed by atoms with Crippen LogP contribution in [0.25, 0.3) is 0 Å². The first-order chi connectivity index (χ1) is 6.24. The minimum Gasteiger partial charge on any atom is -0.309 e. The Morgan fingerprint density at radius 3 is 2.69 bits per heavy atom. The van der Waals surface area contributed by atoms with Gasteiger partial charge < -0.3 is 5.32 Å². The predicted octanol–water partition coefficient (Wildman–Crippen LogP) is 2.87. The summed E-state index contributed by atoms with van der Waals surface area (Å²) in [5, 5.41) is 4.44. The summed E-state index contributed by atoms with van der Waals surface area (Å²) in [6.07, 6.45) is 0. The van der Waals surface area contributed by atoms with Gasteiger partial charge in [-0.15, -0.1) is 0 Å². The molecule has 1 N–H and O–H groups in total. The molecule has 1 aromatic rings. The van der Waals surface area contributed by atoms with Crippen LogP contribution in [-0.4, -0.2) is 11.4 Å². The first-order valence-corrected chi connectivity index (χ1v) is 5.70. The molecule has 1 rings (SSSR count). The van der Waals surface area contributed by atoms with Gasteiger partial charge in [0.2, 0.25) is 0 Å². The highest BCUT2D eigenvalue weighted by Gasteiger charge is 2.00. The molecular weight excluding hydrogens is 226 g/mol. The van der Waals surface area contributed by atoms with E-state index in [1.165, 1.54) is 11.1 Å². The average molecular weight is 242 g/mol. The molecule has 0 fully saturated rings. The van der Waals surface area contributed by atoms with Crippen molar-refractivity contribution < 1.29 is 0 Å². The molecule has 1 aromatic carbocycles. The third-order valence-corrected chi connectivity index (χ3v) is 3.10. The maximum absolute atomic E-state index is 3.44. The van der Waals surface area contributed by atoms with Crippen LogP contribution in [0.4, 0.5) is 0 Å². The SMILES string of the molecule is Cc1ccccc1CNC(C)CBr. The van der Waals surface area contributed by atoms with Crippen molar-refractivity contribution in [3.05, 3.63) is 35.4 Å². The van der Waals surface area contributed by atoms with E-state index >= 15 is 0 Å². The van der Waals surface area contributed by atoms with Crippen LogP contribution in [-0.2, 0) is 6.54 Å². The van der Waals surface area contributed by atoms with Gasteiger partial charge in [-0.2, -0.15) is 0 Å². The van der Waals surface area contributed by atoms with Gasteiger partial charge in [-0.1, -0.05) is 40.2 Å². The molecule has 0 aromatic heterocycles. The third-order valence-electron chi connectivity index (χ3n) is 2.13. The smallest absolute Gasteiger partial charge is 0.0210 e. The number of rotatable bonds is 4. The van der Waals surface area contributed by atoms with E-state index < -0.39 is 0 Å². The first kappa shape index (κ1) is 10.7. The van der Waals surface area contributed by atoms with E-state index in [4.69, 9.17) is 0 Å². The minimum absolute atomic E-state index is 0.527. The molecule has 0 spiro atoms. The lowest BCUT2D eigenvalue weighted by atomic mass is 10.1. The fraction of sp³-hybridized carbons (Fsp3) is 0.455. The van der Waals surface area contributed by atoms with Gasteiger partial charge in [0.25, 0.3) is 0 Å². The summed E-state index contributed by atoms with van der Waals surface area (Å²) in [7, 11) is 0. The normalized spacial score (nSPS) is 12.8. The molecular formula is C11H16BrN. The summed E-state index contributed by atoms with van der Waals surface area (Å²) in [5.41, 5.74) is 2.74. The van der Waals surface area contributed by atoms with Crippen LogP contribution in [0.1, 0.15) is 18.1 Å². The van der Waals surface area contributed by atoms with Crippen LogP contribution in [0.15, 0.2) is 24.3 Å². The quantitative estimate of drug-likeness (QED) is 0.800. The van der Waals surface area contributed by atoms with Crippen molar-refractivity contribution in [3.63, 3.8) is 0 Å². The Morgan fingerprint density at radius 1 is 1.38 bits per heavy atom. The fourth-order valence-corrected chi connectivity index (χ4v) is 1.38. The van der Waals surface area contributed by atoms with Crippen molar-refractivity contribution in [1.29, 1.82) is 0 Å². The second-order valence-electron chi connectivity index (χ2n) is 3.36. The summed E-state index contributed by atoms with van der Waals surface area (Å²) in [6.45, 7) is 5.28. The summed E-state index contributed by atoms with van der Waals surface area (Å²) in [6, 6.07) is 9.01. The van der Waals surface area contributed by atoms with E-state index in [1.54, 1.807) is 0 Å². The van der Waals surface area contributed by atoms with Crippen LogP contribution < -0.4 is 5.32 Å².